The van der Waals surface area contributed by atoms with Crippen LogP contribution in [-0.4, -0.2) is 41.4 Å². The highest BCUT2D eigenvalue weighted by atomic mass is 15.3. The quantitative estimate of drug-likeness (QED) is 0.754. The Morgan fingerprint density at radius 1 is 1.44 bits per heavy atom. The second kappa shape index (κ2) is 6.66. The van der Waals surface area contributed by atoms with Crippen molar-refractivity contribution in [3.63, 3.8) is 0 Å². The maximum atomic E-state index is 4.38. The zero-order chi connectivity index (χ0) is 12.0. The molecule has 0 bridgehead atoms. The van der Waals surface area contributed by atoms with E-state index in [1.165, 1.54) is 12.1 Å². The number of nitrogens with one attached hydrogen (secondary N) is 1. The topological polar surface area (TPSA) is 33.1 Å². The summed E-state index contributed by atoms with van der Waals surface area (Å²) < 4.78 is 1.98. The molecule has 0 aliphatic heterocycles. The van der Waals surface area contributed by atoms with E-state index in [-0.39, 0.29) is 0 Å². The second-order valence-corrected chi connectivity index (χ2v) is 4.28. The van der Waals surface area contributed by atoms with Crippen molar-refractivity contribution in [1.82, 2.24) is 20.0 Å². The molecular weight excluding hydrogens is 200 g/mol. The highest BCUT2D eigenvalue weighted by Crippen LogP contribution is 2.06. The molecule has 0 radical (unpaired) electrons. The van der Waals surface area contributed by atoms with Crippen LogP contribution in [0.2, 0.25) is 0 Å². The fraction of sp³-hybridized carbons (Fsp3) is 0.750. The molecule has 1 heterocycles. The van der Waals surface area contributed by atoms with Gasteiger partial charge < -0.3 is 5.32 Å². The van der Waals surface area contributed by atoms with E-state index in [2.05, 4.69) is 28.3 Å². The van der Waals surface area contributed by atoms with Crippen LogP contribution in [-0.2, 0) is 13.6 Å². The highest BCUT2D eigenvalue weighted by Gasteiger charge is 2.08. The molecular formula is C12H24N4. The lowest BCUT2D eigenvalue weighted by Crippen LogP contribution is -2.31. The maximum absolute atomic E-state index is 4.38. The van der Waals surface area contributed by atoms with Gasteiger partial charge in [0.1, 0.15) is 0 Å². The molecule has 1 N–H and O–H groups in total. The van der Waals surface area contributed by atoms with Crippen LogP contribution in [0.25, 0.3) is 0 Å². The average Bonchev–Trinajstić information content (AvgIpc) is 2.54. The molecule has 1 aromatic heterocycles. The maximum Gasteiger partial charge on any atom is 0.0597 e. The van der Waals surface area contributed by atoms with Gasteiger partial charge in [0.25, 0.3) is 0 Å². The van der Waals surface area contributed by atoms with Crippen LogP contribution >= 0.6 is 0 Å². The molecule has 0 atom stereocenters. The van der Waals surface area contributed by atoms with Crippen LogP contribution in [0, 0.1) is 6.92 Å². The summed E-state index contributed by atoms with van der Waals surface area (Å²) in [6.45, 7) is 8.53. The zero-order valence-corrected chi connectivity index (χ0v) is 11.0. The van der Waals surface area contributed by atoms with Crippen molar-refractivity contribution < 1.29 is 0 Å². The van der Waals surface area contributed by atoms with E-state index in [0.717, 1.165) is 31.9 Å². The lowest BCUT2D eigenvalue weighted by molar-refractivity contribution is 0.261. The number of nitrogens with zero attached hydrogens (tertiary/aromatic N) is 3. The molecule has 92 valence electrons. The van der Waals surface area contributed by atoms with Crippen LogP contribution in [0.5, 0.6) is 0 Å². The minimum atomic E-state index is 0.993. The first-order valence-corrected chi connectivity index (χ1v) is 6.03. The zero-order valence-electron chi connectivity index (χ0n) is 11.0. The van der Waals surface area contributed by atoms with Crippen molar-refractivity contribution in [2.24, 2.45) is 7.05 Å². The van der Waals surface area contributed by atoms with Crippen molar-refractivity contribution in [3.05, 3.63) is 17.5 Å². The number of hydrogen-bond acceptors (Lipinski definition) is 3. The number of rotatable bonds is 7. The second-order valence-electron chi connectivity index (χ2n) is 4.28. The van der Waals surface area contributed by atoms with Gasteiger partial charge in [-0.05, 0) is 33.0 Å². The third-order valence-corrected chi connectivity index (χ3v) is 2.70. The van der Waals surface area contributed by atoms with Gasteiger partial charge in [-0.1, -0.05) is 6.92 Å². The molecule has 4 nitrogen and oxygen atoms in total. The number of hydrogen-bond donors (Lipinski definition) is 1. The minimum absolute atomic E-state index is 0.993. The van der Waals surface area contributed by atoms with Gasteiger partial charge in [0.15, 0.2) is 0 Å². The van der Waals surface area contributed by atoms with Gasteiger partial charge in [0.05, 0.1) is 11.4 Å². The first-order chi connectivity index (χ1) is 7.67. The molecule has 0 amide bonds. The van der Waals surface area contributed by atoms with Crippen molar-refractivity contribution in [3.8, 4) is 0 Å². The monoisotopic (exact) mass is 224 g/mol. The molecule has 0 saturated heterocycles. The van der Waals surface area contributed by atoms with E-state index in [1.54, 1.807) is 0 Å². The largest absolute Gasteiger partial charge is 0.318 e. The third-order valence-electron chi connectivity index (χ3n) is 2.70. The number of aryl methyl sites for hydroxylation is 2. The Hall–Kier alpha value is -0.870. The van der Waals surface area contributed by atoms with Crippen LogP contribution < -0.4 is 5.32 Å². The van der Waals surface area contributed by atoms with Crippen LogP contribution in [0.4, 0.5) is 0 Å². The van der Waals surface area contributed by atoms with Gasteiger partial charge in [0, 0.05) is 26.7 Å². The van der Waals surface area contributed by atoms with Gasteiger partial charge >= 0.3 is 0 Å². The van der Waals surface area contributed by atoms with E-state index in [9.17, 15) is 0 Å². The van der Waals surface area contributed by atoms with E-state index < -0.39 is 0 Å². The number of likely N-dealkylation sites (N-methyl/N-ethyl adjacent to an activating group) is 1. The van der Waals surface area contributed by atoms with E-state index in [4.69, 9.17) is 0 Å². The lowest BCUT2D eigenvalue weighted by atomic mass is 10.3. The van der Waals surface area contributed by atoms with E-state index >= 15 is 0 Å². The van der Waals surface area contributed by atoms with Crippen LogP contribution in [0.15, 0.2) is 6.07 Å². The predicted molar refractivity (Wildman–Crippen MR) is 67.4 cm³/mol. The van der Waals surface area contributed by atoms with Gasteiger partial charge in [-0.3, -0.25) is 9.58 Å². The minimum Gasteiger partial charge on any atom is -0.318 e. The SMILES string of the molecule is CCCN(CCNC)Cc1cc(C)nn1C. The molecule has 16 heavy (non-hydrogen) atoms. The summed E-state index contributed by atoms with van der Waals surface area (Å²) in [6.07, 6.45) is 1.19. The Labute approximate surface area is 98.6 Å². The van der Waals surface area contributed by atoms with Crippen molar-refractivity contribution in [2.75, 3.05) is 26.7 Å². The van der Waals surface area contributed by atoms with Crippen molar-refractivity contribution in [1.29, 1.82) is 0 Å². The Bertz CT molecular complexity index is 306. The normalized spacial score (nSPS) is 11.3. The molecule has 0 unspecified atom stereocenters. The summed E-state index contributed by atoms with van der Waals surface area (Å²) in [6, 6.07) is 2.17. The summed E-state index contributed by atoms with van der Waals surface area (Å²) in [5.41, 5.74) is 2.39. The molecule has 1 aromatic rings. The van der Waals surface area contributed by atoms with E-state index in [1.807, 2.05) is 25.7 Å². The molecule has 0 spiro atoms. The van der Waals surface area contributed by atoms with Gasteiger partial charge in [0.2, 0.25) is 0 Å². The molecule has 0 aliphatic carbocycles. The molecule has 4 heteroatoms. The average molecular weight is 224 g/mol. The van der Waals surface area contributed by atoms with Gasteiger partial charge in [-0.15, -0.1) is 0 Å². The third kappa shape index (κ3) is 3.94. The molecule has 0 fully saturated rings. The Morgan fingerprint density at radius 3 is 2.69 bits per heavy atom. The molecule has 0 saturated carbocycles. The summed E-state index contributed by atoms with van der Waals surface area (Å²) in [4.78, 5) is 2.47. The molecule has 0 aromatic carbocycles. The van der Waals surface area contributed by atoms with Gasteiger partial charge in [-0.2, -0.15) is 5.10 Å². The summed E-state index contributed by atoms with van der Waals surface area (Å²) in [7, 11) is 4.02. The Kier molecular flexibility index (Phi) is 5.49. The first kappa shape index (κ1) is 13.2. The first-order valence-electron chi connectivity index (χ1n) is 6.03. The highest BCUT2D eigenvalue weighted by molar-refractivity contribution is 5.08. The van der Waals surface area contributed by atoms with Crippen molar-refractivity contribution >= 4 is 0 Å². The Morgan fingerprint density at radius 2 is 2.19 bits per heavy atom. The van der Waals surface area contributed by atoms with Gasteiger partial charge in [-0.25, -0.2) is 0 Å². The Balaban J connectivity index is 2.56. The lowest BCUT2D eigenvalue weighted by Gasteiger charge is -2.21. The molecule has 0 aliphatic rings. The smallest absolute Gasteiger partial charge is 0.0597 e. The van der Waals surface area contributed by atoms with Crippen molar-refractivity contribution in [2.45, 2.75) is 26.8 Å². The van der Waals surface area contributed by atoms with Crippen LogP contribution in [0.1, 0.15) is 24.7 Å². The number of aromatic nitrogens is 2. The summed E-state index contributed by atoms with van der Waals surface area (Å²) in [5, 5.41) is 7.58. The van der Waals surface area contributed by atoms with Crippen LogP contribution in [0.3, 0.4) is 0 Å². The predicted octanol–water partition coefficient (Wildman–Crippen LogP) is 1.16. The molecule has 1 rings (SSSR count). The van der Waals surface area contributed by atoms with E-state index in [0.29, 0.717) is 0 Å². The fourth-order valence-corrected chi connectivity index (χ4v) is 1.90. The summed E-state index contributed by atoms with van der Waals surface area (Å²) >= 11 is 0. The standard InChI is InChI=1S/C12H24N4/c1-5-7-16(8-6-13-3)10-12-9-11(2)14-15(12)4/h9,13H,5-8,10H2,1-4H3. The fourth-order valence-electron chi connectivity index (χ4n) is 1.90. The summed E-state index contributed by atoms with van der Waals surface area (Å²) in [5.74, 6) is 0.